The molecule has 0 unspecified atom stereocenters. The molecule has 0 bridgehead atoms. The van der Waals surface area contributed by atoms with Crippen LogP contribution >= 0.6 is 0 Å². The van der Waals surface area contributed by atoms with Crippen molar-refractivity contribution in [2.24, 2.45) is 0 Å². The van der Waals surface area contributed by atoms with E-state index in [1.54, 1.807) is 37.3 Å². The number of aromatic carboxylic acids is 1. The molecule has 0 aliphatic heterocycles. The number of carbonyl (C=O) groups is 1. The van der Waals surface area contributed by atoms with E-state index in [-0.39, 0.29) is 11.6 Å². The SMILES string of the molecule is Cc1nc(Nc2ccccc2C(=O)O)cc(NC(C)C)n1. The second-order valence-electron chi connectivity index (χ2n) is 4.96. The van der Waals surface area contributed by atoms with Crippen molar-refractivity contribution in [3.63, 3.8) is 0 Å². The maximum Gasteiger partial charge on any atom is 0.337 e. The number of para-hydroxylation sites is 1. The summed E-state index contributed by atoms with van der Waals surface area (Å²) in [5, 5.41) is 15.4. The standard InChI is InChI=1S/C15H18N4O2/c1-9(2)16-13-8-14(18-10(3)17-13)19-12-7-5-4-6-11(12)15(20)21/h4-9H,1-3H3,(H,20,21)(H2,16,17,18,19). The van der Waals surface area contributed by atoms with Crippen LogP contribution in [0.3, 0.4) is 0 Å². The Hall–Kier alpha value is -2.63. The zero-order valence-electron chi connectivity index (χ0n) is 12.2. The quantitative estimate of drug-likeness (QED) is 0.783. The number of hydrogen-bond acceptors (Lipinski definition) is 5. The highest BCUT2D eigenvalue weighted by Crippen LogP contribution is 2.21. The van der Waals surface area contributed by atoms with Crippen molar-refractivity contribution in [2.45, 2.75) is 26.8 Å². The fourth-order valence-corrected chi connectivity index (χ4v) is 1.92. The van der Waals surface area contributed by atoms with Gasteiger partial charge < -0.3 is 15.7 Å². The maximum atomic E-state index is 11.2. The molecule has 1 aromatic carbocycles. The minimum atomic E-state index is -0.982. The second kappa shape index (κ2) is 6.21. The number of benzene rings is 1. The van der Waals surface area contributed by atoms with Crippen molar-refractivity contribution in [2.75, 3.05) is 10.6 Å². The lowest BCUT2D eigenvalue weighted by Gasteiger charge is -2.13. The van der Waals surface area contributed by atoms with E-state index in [0.29, 0.717) is 23.1 Å². The van der Waals surface area contributed by atoms with Gasteiger partial charge in [-0.25, -0.2) is 14.8 Å². The third-order valence-corrected chi connectivity index (χ3v) is 2.69. The van der Waals surface area contributed by atoms with Gasteiger partial charge >= 0.3 is 5.97 Å². The van der Waals surface area contributed by atoms with Crippen molar-refractivity contribution in [3.8, 4) is 0 Å². The van der Waals surface area contributed by atoms with Crippen LogP contribution in [0.15, 0.2) is 30.3 Å². The van der Waals surface area contributed by atoms with Gasteiger partial charge in [0.15, 0.2) is 0 Å². The van der Waals surface area contributed by atoms with Gasteiger partial charge in [0.2, 0.25) is 0 Å². The molecule has 6 nitrogen and oxygen atoms in total. The monoisotopic (exact) mass is 286 g/mol. The highest BCUT2D eigenvalue weighted by Gasteiger charge is 2.10. The van der Waals surface area contributed by atoms with Crippen LogP contribution in [0.25, 0.3) is 0 Å². The highest BCUT2D eigenvalue weighted by atomic mass is 16.4. The number of carboxylic acids is 1. The van der Waals surface area contributed by atoms with Crippen LogP contribution in [-0.2, 0) is 0 Å². The summed E-state index contributed by atoms with van der Waals surface area (Å²) >= 11 is 0. The number of carboxylic acid groups (broad SMARTS) is 1. The summed E-state index contributed by atoms with van der Waals surface area (Å²) < 4.78 is 0. The van der Waals surface area contributed by atoms with Gasteiger partial charge in [-0.1, -0.05) is 12.1 Å². The molecule has 1 heterocycles. The number of nitrogens with zero attached hydrogens (tertiary/aromatic N) is 2. The first-order valence-corrected chi connectivity index (χ1v) is 6.67. The molecule has 0 spiro atoms. The van der Waals surface area contributed by atoms with Crippen LogP contribution in [0.4, 0.5) is 17.3 Å². The van der Waals surface area contributed by atoms with Crippen LogP contribution in [0.5, 0.6) is 0 Å². The van der Waals surface area contributed by atoms with Gasteiger partial charge in [0.1, 0.15) is 17.5 Å². The van der Waals surface area contributed by atoms with Gasteiger partial charge in [-0.15, -0.1) is 0 Å². The van der Waals surface area contributed by atoms with E-state index in [1.807, 2.05) is 13.8 Å². The Morgan fingerprint density at radius 1 is 1.19 bits per heavy atom. The third-order valence-electron chi connectivity index (χ3n) is 2.69. The third kappa shape index (κ3) is 3.92. The fourth-order valence-electron chi connectivity index (χ4n) is 1.92. The summed E-state index contributed by atoms with van der Waals surface area (Å²) in [7, 11) is 0. The van der Waals surface area contributed by atoms with Gasteiger partial charge in [-0.05, 0) is 32.9 Å². The largest absolute Gasteiger partial charge is 0.478 e. The number of aryl methyl sites for hydroxylation is 1. The molecule has 3 N–H and O–H groups in total. The topological polar surface area (TPSA) is 87.1 Å². The highest BCUT2D eigenvalue weighted by molar-refractivity contribution is 5.95. The van der Waals surface area contributed by atoms with E-state index in [1.165, 1.54) is 0 Å². The average molecular weight is 286 g/mol. The molecule has 0 saturated carbocycles. The molecule has 6 heteroatoms. The van der Waals surface area contributed by atoms with Crippen LogP contribution in [0.2, 0.25) is 0 Å². The number of nitrogens with one attached hydrogen (secondary N) is 2. The van der Waals surface area contributed by atoms with Gasteiger partial charge in [0.05, 0.1) is 11.3 Å². The molecule has 0 aliphatic rings. The average Bonchev–Trinajstić information content (AvgIpc) is 2.37. The molecule has 110 valence electrons. The van der Waals surface area contributed by atoms with Gasteiger partial charge in [0, 0.05) is 12.1 Å². The predicted octanol–water partition coefficient (Wildman–Crippen LogP) is 3.05. The molecule has 0 radical (unpaired) electrons. The summed E-state index contributed by atoms with van der Waals surface area (Å²) in [6.07, 6.45) is 0. The number of anilines is 3. The van der Waals surface area contributed by atoms with Crippen molar-refractivity contribution in [1.29, 1.82) is 0 Å². The summed E-state index contributed by atoms with van der Waals surface area (Å²) in [6.45, 7) is 5.83. The zero-order valence-corrected chi connectivity index (χ0v) is 12.2. The van der Waals surface area contributed by atoms with Crippen LogP contribution in [0, 0.1) is 6.92 Å². The number of hydrogen-bond donors (Lipinski definition) is 3. The Morgan fingerprint density at radius 3 is 2.52 bits per heavy atom. The Balaban J connectivity index is 2.31. The van der Waals surface area contributed by atoms with Crippen LogP contribution in [-0.4, -0.2) is 27.1 Å². The Morgan fingerprint density at radius 2 is 1.86 bits per heavy atom. The number of aromatic nitrogens is 2. The van der Waals surface area contributed by atoms with E-state index >= 15 is 0 Å². The normalized spacial score (nSPS) is 10.5. The van der Waals surface area contributed by atoms with Crippen molar-refractivity contribution in [1.82, 2.24) is 9.97 Å². The Labute approximate surface area is 123 Å². The summed E-state index contributed by atoms with van der Waals surface area (Å²) in [6, 6.07) is 8.72. The molecule has 0 atom stereocenters. The lowest BCUT2D eigenvalue weighted by molar-refractivity contribution is 0.0698. The van der Waals surface area contributed by atoms with Gasteiger partial charge in [-0.2, -0.15) is 0 Å². The molecule has 1 aromatic heterocycles. The minimum absolute atomic E-state index is 0.201. The van der Waals surface area contributed by atoms with E-state index < -0.39 is 5.97 Å². The molecule has 0 aliphatic carbocycles. The van der Waals surface area contributed by atoms with E-state index in [2.05, 4.69) is 20.6 Å². The molecule has 0 saturated heterocycles. The first kappa shape index (κ1) is 14.8. The van der Waals surface area contributed by atoms with Crippen LogP contribution < -0.4 is 10.6 Å². The zero-order chi connectivity index (χ0) is 15.4. The lowest BCUT2D eigenvalue weighted by atomic mass is 10.2. The molecule has 2 aromatic rings. The molecular weight excluding hydrogens is 268 g/mol. The maximum absolute atomic E-state index is 11.2. The summed E-state index contributed by atoms with van der Waals surface area (Å²) in [5.41, 5.74) is 0.700. The Bertz CT molecular complexity index is 656. The smallest absolute Gasteiger partial charge is 0.337 e. The summed E-state index contributed by atoms with van der Waals surface area (Å²) in [4.78, 5) is 19.8. The minimum Gasteiger partial charge on any atom is -0.478 e. The predicted molar refractivity (Wildman–Crippen MR) is 82.2 cm³/mol. The van der Waals surface area contributed by atoms with Crippen molar-refractivity contribution in [3.05, 3.63) is 41.7 Å². The van der Waals surface area contributed by atoms with Crippen LogP contribution in [0.1, 0.15) is 30.0 Å². The lowest BCUT2D eigenvalue weighted by Crippen LogP contribution is -2.12. The molecule has 21 heavy (non-hydrogen) atoms. The first-order valence-electron chi connectivity index (χ1n) is 6.67. The van der Waals surface area contributed by atoms with Crippen molar-refractivity contribution < 1.29 is 9.90 Å². The molecular formula is C15H18N4O2. The summed E-state index contributed by atoms with van der Waals surface area (Å²) in [5.74, 6) is 0.882. The molecule has 0 amide bonds. The molecule has 2 rings (SSSR count). The van der Waals surface area contributed by atoms with E-state index in [0.717, 1.165) is 0 Å². The first-order chi connectivity index (χ1) is 9.95. The van der Waals surface area contributed by atoms with E-state index in [4.69, 9.17) is 0 Å². The molecule has 0 fully saturated rings. The second-order valence-corrected chi connectivity index (χ2v) is 4.96. The fraction of sp³-hybridized carbons (Fsp3) is 0.267. The van der Waals surface area contributed by atoms with Gasteiger partial charge in [-0.3, -0.25) is 0 Å². The van der Waals surface area contributed by atoms with E-state index in [9.17, 15) is 9.90 Å². The van der Waals surface area contributed by atoms with Crippen molar-refractivity contribution >= 4 is 23.3 Å². The number of rotatable bonds is 5. The Kier molecular flexibility index (Phi) is 4.37. The van der Waals surface area contributed by atoms with Gasteiger partial charge in [0.25, 0.3) is 0 Å².